The maximum absolute atomic E-state index is 12.7. The molecule has 2 saturated carbocycles. The van der Waals surface area contributed by atoms with E-state index in [0.29, 0.717) is 41.4 Å². The van der Waals surface area contributed by atoms with Gasteiger partial charge in [0.05, 0.1) is 18.5 Å². The molecule has 1 aliphatic heterocycles. The Hall–Kier alpha value is -3.41. The fraction of sp³-hybridized carbons (Fsp3) is 0.520. The van der Waals surface area contributed by atoms with Crippen LogP contribution in [0.25, 0.3) is 0 Å². The zero-order chi connectivity index (χ0) is 26.5. The molecule has 2 aromatic rings. The summed E-state index contributed by atoms with van der Waals surface area (Å²) >= 11 is 0. The molecule has 198 valence electrons. The lowest BCUT2D eigenvalue weighted by Gasteiger charge is -2.38. The number of hydrogen-bond donors (Lipinski definition) is 2. The van der Waals surface area contributed by atoms with Gasteiger partial charge in [-0.25, -0.2) is 9.97 Å². The van der Waals surface area contributed by atoms with Gasteiger partial charge in [-0.3, -0.25) is 4.79 Å². The molecule has 37 heavy (non-hydrogen) atoms. The highest BCUT2D eigenvalue weighted by Crippen LogP contribution is 2.64. The van der Waals surface area contributed by atoms with E-state index in [1.807, 2.05) is 6.92 Å². The molecule has 12 heteroatoms. The third kappa shape index (κ3) is 4.70. The van der Waals surface area contributed by atoms with Crippen molar-refractivity contribution in [1.29, 1.82) is 0 Å². The first-order valence-electron chi connectivity index (χ1n) is 12.0. The molecule has 3 atom stereocenters. The van der Waals surface area contributed by atoms with E-state index in [9.17, 15) is 18.0 Å². The zero-order valence-electron chi connectivity index (χ0n) is 20.8. The van der Waals surface area contributed by atoms with Crippen molar-refractivity contribution < 1.29 is 27.4 Å². The molecule has 3 heterocycles. The first-order valence-corrected chi connectivity index (χ1v) is 12.0. The Bertz CT molecular complexity index is 1200. The topological polar surface area (TPSA) is 102 Å². The number of methoxy groups -OCH3 is 1. The van der Waals surface area contributed by atoms with Gasteiger partial charge in [-0.15, -0.1) is 6.58 Å². The van der Waals surface area contributed by atoms with E-state index in [1.54, 1.807) is 18.0 Å². The summed E-state index contributed by atoms with van der Waals surface area (Å²) in [5.41, 5.74) is 0.472. The van der Waals surface area contributed by atoms with Crippen molar-refractivity contribution in [3.63, 3.8) is 0 Å². The molecule has 1 unspecified atom stereocenters. The number of likely N-dealkylation sites (N-methyl/N-ethyl adjacent to an activating group) is 1. The van der Waals surface area contributed by atoms with Crippen molar-refractivity contribution >= 4 is 23.4 Å². The van der Waals surface area contributed by atoms with Crippen LogP contribution in [-0.2, 0) is 15.7 Å². The molecule has 0 bridgehead atoms. The highest BCUT2D eigenvalue weighted by molar-refractivity contribution is 6.04. The lowest BCUT2D eigenvalue weighted by molar-refractivity contribution is -0.141. The Morgan fingerprint density at radius 3 is 2.70 bits per heavy atom. The molecule has 0 radical (unpaired) electrons. The number of aryl methyl sites for hydroxylation is 1. The second-order valence-electron chi connectivity index (χ2n) is 10.0. The van der Waals surface area contributed by atoms with Crippen LogP contribution in [-0.4, -0.2) is 59.8 Å². The minimum absolute atomic E-state index is 0.159. The molecule has 2 fully saturated rings. The number of anilines is 3. The van der Waals surface area contributed by atoms with Gasteiger partial charge >= 0.3 is 6.18 Å². The van der Waals surface area contributed by atoms with Crippen LogP contribution >= 0.6 is 0 Å². The van der Waals surface area contributed by atoms with E-state index >= 15 is 0 Å². The maximum atomic E-state index is 12.7. The molecule has 9 nitrogen and oxygen atoms in total. The highest BCUT2D eigenvalue weighted by atomic mass is 19.4. The van der Waals surface area contributed by atoms with Gasteiger partial charge < -0.3 is 25.0 Å². The van der Waals surface area contributed by atoms with Crippen molar-refractivity contribution in [3.8, 4) is 5.75 Å². The number of pyridine rings is 1. The number of fused-ring (bicyclic) bond motifs is 1. The Morgan fingerprint density at radius 2 is 2.08 bits per heavy atom. The third-order valence-corrected chi connectivity index (χ3v) is 7.55. The molecule has 0 aromatic carbocycles. The van der Waals surface area contributed by atoms with E-state index in [0.717, 1.165) is 31.5 Å². The number of carbonyl (C=O) groups is 1. The quantitative estimate of drug-likeness (QED) is 0.509. The number of nitrogens with one attached hydrogen (secondary N) is 2. The normalized spacial score (nSPS) is 27.1. The Morgan fingerprint density at radius 1 is 1.32 bits per heavy atom. The molecule has 1 spiro atoms. The first-order chi connectivity index (χ1) is 17.5. The van der Waals surface area contributed by atoms with Gasteiger partial charge in [0.2, 0.25) is 11.9 Å². The number of alkyl halides is 3. The van der Waals surface area contributed by atoms with E-state index in [1.165, 1.54) is 13.2 Å². The zero-order valence-corrected chi connectivity index (χ0v) is 20.8. The molecule has 2 aliphatic carbocycles. The number of ether oxygens (including phenoxy) is 2. The van der Waals surface area contributed by atoms with Crippen LogP contribution in [0.5, 0.6) is 5.75 Å². The van der Waals surface area contributed by atoms with Crippen LogP contribution in [0, 0.1) is 18.3 Å². The minimum atomic E-state index is -4.46. The number of hydrogen-bond acceptors (Lipinski definition) is 8. The predicted octanol–water partition coefficient (Wildman–Crippen LogP) is 3.82. The summed E-state index contributed by atoms with van der Waals surface area (Å²) < 4.78 is 49.1. The van der Waals surface area contributed by atoms with E-state index < -0.39 is 24.0 Å². The van der Waals surface area contributed by atoms with Gasteiger partial charge in [0.15, 0.2) is 5.82 Å². The summed E-state index contributed by atoms with van der Waals surface area (Å²) in [6.45, 7) is 6.03. The van der Waals surface area contributed by atoms with Gasteiger partial charge in [-0.2, -0.15) is 18.2 Å². The number of rotatable bonds is 8. The Balaban J connectivity index is 1.17. The minimum Gasteiger partial charge on any atom is -0.492 e. The maximum Gasteiger partial charge on any atom is 0.433 e. The van der Waals surface area contributed by atoms with Crippen LogP contribution in [0.4, 0.5) is 30.6 Å². The third-order valence-electron chi connectivity index (χ3n) is 7.55. The van der Waals surface area contributed by atoms with Crippen LogP contribution < -0.4 is 20.3 Å². The number of carbonyl (C=O) groups excluding carboxylic acids is 1. The van der Waals surface area contributed by atoms with Gasteiger partial charge in [0.25, 0.3) is 0 Å². The summed E-state index contributed by atoms with van der Waals surface area (Å²) in [6, 6.07) is 1.86. The average Bonchev–Trinajstić information content (AvgIpc) is 3.54. The Labute approximate surface area is 212 Å². The molecule has 0 saturated heterocycles. The van der Waals surface area contributed by atoms with E-state index in [4.69, 9.17) is 14.5 Å². The van der Waals surface area contributed by atoms with Crippen molar-refractivity contribution in [2.75, 3.05) is 36.3 Å². The standard InChI is InChI=1S/C25H29F3N6O3/c1-5-16(36-4)20-22(35)32-19-13(2)30-23(33-21(19)34(20)3)31-18-10-24(18)8-14(9-24)12-37-15-6-7-17(29-11-15)25(26,27)28/h5-7,11,14,16,18,20H,1,8-10,12H2,2-4H3,(H,32,35)(H,30,31,33)/t14?,16-,18?,20+,24?/m1/s1. The molecule has 2 N–H and O–H groups in total. The van der Waals surface area contributed by atoms with E-state index in [2.05, 4.69) is 27.2 Å². The number of aromatic nitrogens is 3. The average molecular weight is 519 g/mol. The van der Waals surface area contributed by atoms with Crippen molar-refractivity contribution in [2.24, 2.45) is 11.3 Å². The lowest BCUT2D eigenvalue weighted by Crippen LogP contribution is -2.53. The smallest absolute Gasteiger partial charge is 0.433 e. The van der Waals surface area contributed by atoms with Crippen molar-refractivity contribution in [1.82, 2.24) is 15.0 Å². The summed E-state index contributed by atoms with van der Waals surface area (Å²) in [4.78, 5) is 27.2. The molecule has 1 amide bonds. The fourth-order valence-corrected chi connectivity index (χ4v) is 5.47. The summed E-state index contributed by atoms with van der Waals surface area (Å²) in [5, 5.41) is 6.35. The van der Waals surface area contributed by atoms with Crippen molar-refractivity contribution in [2.45, 2.75) is 50.6 Å². The van der Waals surface area contributed by atoms with Crippen molar-refractivity contribution in [3.05, 3.63) is 42.4 Å². The number of halogens is 3. The van der Waals surface area contributed by atoms with Gasteiger partial charge in [-0.05, 0) is 49.7 Å². The number of nitrogens with zero attached hydrogens (tertiary/aromatic N) is 4. The molecular weight excluding hydrogens is 489 g/mol. The molecule has 5 rings (SSSR count). The summed E-state index contributed by atoms with van der Waals surface area (Å²) in [5.74, 6) is 1.57. The summed E-state index contributed by atoms with van der Waals surface area (Å²) in [6.07, 6.45) is 0.646. The van der Waals surface area contributed by atoms with Crippen LogP contribution in [0.1, 0.15) is 30.7 Å². The fourth-order valence-electron chi connectivity index (χ4n) is 5.47. The van der Waals surface area contributed by atoms with E-state index in [-0.39, 0.29) is 17.4 Å². The first kappa shape index (κ1) is 25.2. The number of amides is 1. The highest BCUT2D eigenvalue weighted by Gasteiger charge is 2.62. The molecule has 3 aliphatic rings. The monoisotopic (exact) mass is 518 g/mol. The molecular formula is C25H29F3N6O3. The Kier molecular flexibility index (Phi) is 6.25. The summed E-state index contributed by atoms with van der Waals surface area (Å²) in [7, 11) is 3.33. The predicted molar refractivity (Wildman–Crippen MR) is 131 cm³/mol. The largest absolute Gasteiger partial charge is 0.492 e. The second-order valence-corrected chi connectivity index (χ2v) is 10.0. The lowest BCUT2D eigenvalue weighted by atomic mass is 9.71. The van der Waals surface area contributed by atoms with Gasteiger partial charge in [-0.1, -0.05) is 6.08 Å². The second kappa shape index (κ2) is 9.16. The van der Waals surface area contributed by atoms with Crippen LogP contribution in [0.15, 0.2) is 31.0 Å². The van der Waals surface area contributed by atoms with Crippen LogP contribution in [0.3, 0.4) is 0 Å². The van der Waals surface area contributed by atoms with Crippen LogP contribution in [0.2, 0.25) is 0 Å². The van der Waals surface area contributed by atoms with Gasteiger partial charge in [0, 0.05) is 20.2 Å². The SMILES string of the molecule is C=C[C@@H](OC)[C@H]1C(=O)Nc2c(C)nc(NC3CC34CC(COc3ccc(C(F)(F)F)nc3)C4)nc2N1C. The van der Waals surface area contributed by atoms with Gasteiger partial charge in [0.1, 0.15) is 29.3 Å². The molecule has 2 aromatic heterocycles.